The van der Waals surface area contributed by atoms with Crippen LogP contribution in [-0.2, 0) is 0 Å². The van der Waals surface area contributed by atoms with E-state index in [1.54, 1.807) is 7.11 Å². The largest absolute Gasteiger partial charge is 0.496 e. The SMILES string of the molecule is COc1ccc(C)cc1C(O)CN1CCCC(C)C1. The summed E-state index contributed by atoms with van der Waals surface area (Å²) in [4.78, 5) is 2.36. The summed E-state index contributed by atoms with van der Waals surface area (Å²) in [5.41, 5.74) is 2.06. The molecule has 0 spiro atoms. The van der Waals surface area contributed by atoms with Gasteiger partial charge < -0.3 is 14.7 Å². The second kappa shape index (κ2) is 6.40. The number of ether oxygens (including phenoxy) is 1. The summed E-state index contributed by atoms with van der Waals surface area (Å²) >= 11 is 0. The summed E-state index contributed by atoms with van der Waals surface area (Å²) in [6.07, 6.45) is 2.07. The molecule has 0 aliphatic carbocycles. The number of hydrogen-bond donors (Lipinski definition) is 1. The molecule has 1 aliphatic rings. The number of aryl methyl sites for hydroxylation is 1. The highest BCUT2D eigenvalue weighted by Crippen LogP contribution is 2.28. The minimum absolute atomic E-state index is 0.472. The van der Waals surface area contributed by atoms with Crippen molar-refractivity contribution in [2.75, 3.05) is 26.7 Å². The fourth-order valence-corrected chi connectivity index (χ4v) is 2.91. The van der Waals surface area contributed by atoms with Crippen molar-refractivity contribution in [2.24, 2.45) is 5.92 Å². The molecule has 2 unspecified atom stereocenters. The molecule has 1 heterocycles. The maximum absolute atomic E-state index is 10.5. The van der Waals surface area contributed by atoms with Crippen LogP contribution in [0.1, 0.15) is 37.0 Å². The summed E-state index contributed by atoms with van der Waals surface area (Å²) in [6.45, 7) is 7.20. The van der Waals surface area contributed by atoms with Gasteiger partial charge in [0.1, 0.15) is 5.75 Å². The lowest BCUT2D eigenvalue weighted by Gasteiger charge is -2.32. The third kappa shape index (κ3) is 3.71. The number of methoxy groups -OCH3 is 1. The first kappa shape index (κ1) is 14.4. The predicted molar refractivity (Wildman–Crippen MR) is 77.5 cm³/mol. The zero-order valence-corrected chi connectivity index (χ0v) is 12.2. The molecule has 1 saturated heterocycles. The first-order valence-corrected chi connectivity index (χ1v) is 7.15. The minimum Gasteiger partial charge on any atom is -0.496 e. The third-order valence-electron chi connectivity index (χ3n) is 3.92. The van der Waals surface area contributed by atoms with Crippen LogP contribution in [0, 0.1) is 12.8 Å². The number of likely N-dealkylation sites (tertiary alicyclic amines) is 1. The lowest BCUT2D eigenvalue weighted by Crippen LogP contribution is -2.37. The molecule has 1 aromatic carbocycles. The van der Waals surface area contributed by atoms with Crippen molar-refractivity contribution in [3.8, 4) is 5.75 Å². The molecule has 0 radical (unpaired) electrons. The first-order chi connectivity index (χ1) is 9.10. The van der Waals surface area contributed by atoms with Gasteiger partial charge in [-0.15, -0.1) is 0 Å². The number of nitrogens with zero attached hydrogens (tertiary/aromatic N) is 1. The molecule has 0 aromatic heterocycles. The van der Waals surface area contributed by atoms with Gasteiger partial charge in [0, 0.05) is 18.7 Å². The van der Waals surface area contributed by atoms with Crippen LogP contribution in [0.5, 0.6) is 5.75 Å². The zero-order valence-electron chi connectivity index (χ0n) is 12.2. The van der Waals surface area contributed by atoms with Gasteiger partial charge in [-0.3, -0.25) is 0 Å². The van der Waals surface area contributed by atoms with E-state index < -0.39 is 6.10 Å². The first-order valence-electron chi connectivity index (χ1n) is 7.15. The molecule has 1 N–H and O–H groups in total. The Hall–Kier alpha value is -1.06. The Bertz CT molecular complexity index is 419. The summed E-state index contributed by atoms with van der Waals surface area (Å²) in [5, 5.41) is 10.5. The second-order valence-electron chi connectivity index (χ2n) is 5.77. The number of rotatable bonds is 4. The standard InChI is InChI=1S/C16H25NO2/c1-12-6-7-16(19-3)14(9-12)15(18)11-17-8-4-5-13(2)10-17/h6-7,9,13,15,18H,4-5,8,10-11H2,1-3H3. The topological polar surface area (TPSA) is 32.7 Å². The van der Waals surface area contributed by atoms with Crippen LogP contribution in [0.2, 0.25) is 0 Å². The van der Waals surface area contributed by atoms with E-state index in [0.717, 1.165) is 35.9 Å². The van der Waals surface area contributed by atoms with Crippen LogP contribution in [0.15, 0.2) is 18.2 Å². The van der Waals surface area contributed by atoms with E-state index in [1.807, 2.05) is 25.1 Å². The van der Waals surface area contributed by atoms with Crippen molar-refractivity contribution in [1.29, 1.82) is 0 Å². The van der Waals surface area contributed by atoms with Crippen molar-refractivity contribution in [3.63, 3.8) is 0 Å². The molecule has 1 aromatic rings. The van der Waals surface area contributed by atoms with Crippen molar-refractivity contribution in [3.05, 3.63) is 29.3 Å². The number of benzene rings is 1. The normalized spacial score (nSPS) is 22.2. The Morgan fingerprint density at radius 1 is 1.47 bits per heavy atom. The maximum atomic E-state index is 10.5. The smallest absolute Gasteiger partial charge is 0.124 e. The molecular weight excluding hydrogens is 238 g/mol. The minimum atomic E-state index is -0.472. The number of hydrogen-bond acceptors (Lipinski definition) is 3. The van der Waals surface area contributed by atoms with Gasteiger partial charge >= 0.3 is 0 Å². The lowest BCUT2D eigenvalue weighted by atomic mass is 9.98. The highest BCUT2D eigenvalue weighted by Gasteiger charge is 2.21. The Balaban J connectivity index is 2.06. The summed E-state index contributed by atoms with van der Waals surface area (Å²) < 4.78 is 5.35. The van der Waals surface area contributed by atoms with E-state index >= 15 is 0 Å². The lowest BCUT2D eigenvalue weighted by molar-refractivity contribution is 0.0859. The number of aliphatic hydroxyl groups excluding tert-OH is 1. The second-order valence-corrected chi connectivity index (χ2v) is 5.77. The Kier molecular flexibility index (Phi) is 4.83. The fourth-order valence-electron chi connectivity index (χ4n) is 2.91. The van der Waals surface area contributed by atoms with E-state index in [2.05, 4.69) is 11.8 Å². The van der Waals surface area contributed by atoms with Gasteiger partial charge in [0.15, 0.2) is 0 Å². The molecule has 106 valence electrons. The van der Waals surface area contributed by atoms with E-state index in [0.29, 0.717) is 6.54 Å². The van der Waals surface area contributed by atoms with Gasteiger partial charge in [-0.2, -0.15) is 0 Å². The maximum Gasteiger partial charge on any atom is 0.124 e. The molecule has 0 amide bonds. The molecule has 1 fully saturated rings. The number of piperidine rings is 1. The Morgan fingerprint density at radius 2 is 2.26 bits per heavy atom. The van der Waals surface area contributed by atoms with Crippen LogP contribution in [0.3, 0.4) is 0 Å². The van der Waals surface area contributed by atoms with Gasteiger partial charge in [-0.1, -0.05) is 18.6 Å². The van der Waals surface area contributed by atoms with Crippen molar-refractivity contribution in [2.45, 2.75) is 32.8 Å². The summed E-state index contributed by atoms with van der Waals surface area (Å²) in [7, 11) is 1.66. The monoisotopic (exact) mass is 263 g/mol. The van der Waals surface area contributed by atoms with Gasteiger partial charge in [0.25, 0.3) is 0 Å². The van der Waals surface area contributed by atoms with E-state index in [9.17, 15) is 5.11 Å². The summed E-state index contributed by atoms with van der Waals surface area (Å²) in [5.74, 6) is 1.52. The van der Waals surface area contributed by atoms with Crippen molar-refractivity contribution in [1.82, 2.24) is 4.90 Å². The number of aliphatic hydroxyl groups is 1. The molecule has 2 rings (SSSR count). The van der Waals surface area contributed by atoms with Crippen LogP contribution in [0.4, 0.5) is 0 Å². The quantitative estimate of drug-likeness (QED) is 0.906. The fraction of sp³-hybridized carbons (Fsp3) is 0.625. The van der Waals surface area contributed by atoms with E-state index in [4.69, 9.17) is 4.74 Å². The molecule has 0 bridgehead atoms. The zero-order chi connectivity index (χ0) is 13.8. The summed E-state index contributed by atoms with van der Waals surface area (Å²) in [6, 6.07) is 5.97. The van der Waals surface area contributed by atoms with Gasteiger partial charge in [-0.05, 0) is 44.4 Å². The Labute approximate surface area is 116 Å². The molecule has 0 saturated carbocycles. The van der Waals surface area contributed by atoms with Crippen molar-refractivity contribution >= 4 is 0 Å². The van der Waals surface area contributed by atoms with Gasteiger partial charge in [0.05, 0.1) is 13.2 Å². The van der Waals surface area contributed by atoms with Crippen molar-refractivity contribution < 1.29 is 9.84 Å². The highest BCUT2D eigenvalue weighted by atomic mass is 16.5. The highest BCUT2D eigenvalue weighted by molar-refractivity contribution is 5.38. The average Bonchev–Trinajstić information content (AvgIpc) is 2.38. The Morgan fingerprint density at radius 3 is 2.95 bits per heavy atom. The van der Waals surface area contributed by atoms with Crippen LogP contribution < -0.4 is 4.74 Å². The van der Waals surface area contributed by atoms with Crippen LogP contribution in [-0.4, -0.2) is 36.8 Å². The predicted octanol–water partition coefficient (Wildman–Crippen LogP) is 2.77. The van der Waals surface area contributed by atoms with E-state index in [-0.39, 0.29) is 0 Å². The molecule has 2 atom stereocenters. The van der Waals surface area contributed by atoms with Gasteiger partial charge in [0.2, 0.25) is 0 Å². The molecule has 19 heavy (non-hydrogen) atoms. The van der Waals surface area contributed by atoms with Crippen LogP contribution in [0.25, 0.3) is 0 Å². The van der Waals surface area contributed by atoms with E-state index in [1.165, 1.54) is 12.8 Å². The van der Waals surface area contributed by atoms with Gasteiger partial charge in [-0.25, -0.2) is 0 Å². The molecule has 3 nitrogen and oxygen atoms in total. The molecule has 3 heteroatoms. The molecular formula is C16H25NO2. The third-order valence-corrected chi connectivity index (χ3v) is 3.92. The van der Waals surface area contributed by atoms with Crippen LogP contribution >= 0.6 is 0 Å². The molecule has 1 aliphatic heterocycles. The number of β-amino-alcohol motifs (C(OH)–C–C–N with tert-alkyl or cyclic N) is 1. The average molecular weight is 263 g/mol.